The Bertz CT molecular complexity index is 804. The van der Waals surface area contributed by atoms with Gasteiger partial charge in [-0.1, -0.05) is 29.1 Å². The SMILES string of the molecule is COC1(c2cc(F)cc(Sc3ccc(/C(CO)=N\O)cc3)c2)CCOCC1. The summed E-state index contributed by atoms with van der Waals surface area (Å²) < 4.78 is 25.5. The minimum Gasteiger partial charge on any atom is -0.411 e. The van der Waals surface area contributed by atoms with Gasteiger partial charge in [0.1, 0.15) is 11.5 Å². The first-order valence-corrected chi connectivity index (χ1v) is 9.46. The summed E-state index contributed by atoms with van der Waals surface area (Å²) in [7, 11) is 1.66. The number of benzene rings is 2. The van der Waals surface area contributed by atoms with Crippen molar-refractivity contribution in [1.29, 1.82) is 0 Å². The maximum Gasteiger partial charge on any atom is 0.124 e. The Balaban J connectivity index is 1.84. The third-order valence-electron chi connectivity index (χ3n) is 4.78. The molecule has 1 fully saturated rings. The molecule has 7 heteroatoms. The van der Waals surface area contributed by atoms with E-state index < -0.39 is 5.60 Å². The van der Waals surface area contributed by atoms with Gasteiger partial charge in [-0.2, -0.15) is 0 Å². The van der Waals surface area contributed by atoms with E-state index in [1.165, 1.54) is 23.9 Å². The zero-order valence-electron chi connectivity index (χ0n) is 15.0. The minimum atomic E-state index is -0.521. The van der Waals surface area contributed by atoms with E-state index in [1.807, 2.05) is 18.2 Å². The number of nitrogens with zero attached hydrogens (tertiary/aromatic N) is 1. The first kappa shape index (κ1) is 19.8. The van der Waals surface area contributed by atoms with Gasteiger partial charge in [0, 0.05) is 48.5 Å². The summed E-state index contributed by atoms with van der Waals surface area (Å²) in [5.41, 5.74) is 1.13. The molecule has 2 aromatic carbocycles. The summed E-state index contributed by atoms with van der Waals surface area (Å²) in [6, 6.07) is 12.2. The summed E-state index contributed by atoms with van der Waals surface area (Å²) in [6.07, 6.45) is 1.38. The van der Waals surface area contributed by atoms with Crippen LogP contribution in [-0.4, -0.2) is 43.0 Å². The molecule has 0 radical (unpaired) electrons. The molecule has 1 heterocycles. The lowest BCUT2D eigenvalue weighted by molar-refractivity contribution is -0.0950. The summed E-state index contributed by atoms with van der Waals surface area (Å²) >= 11 is 1.43. The molecule has 0 amide bonds. The van der Waals surface area contributed by atoms with Crippen molar-refractivity contribution in [3.8, 4) is 0 Å². The van der Waals surface area contributed by atoms with Gasteiger partial charge in [-0.15, -0.1) is 0 Å². The van der Waals surface area contributed by atoms with Crippen molar-refractivity contribution in [1.82, 2.24) is 0 Å². The van der Waals surface area contributed by atoms with E-state index in [1.54, 1.807) is 19.2 Å². The Kier molecular flexibility index (Phi) is 6.49. The lowest BCUT2D eigenvalue weighted by Crippen LogP contribution is -2.35. The highest BCUT2D eigenvalue weighted by atomic mass is 32.2. The van der Waals surface area contributed by atoms with Gasteiger partial charge < -0.3 is 19.8 Å². The number of rotatable bonds is 6. The van der Waals surface area contributed by atoms with Crippen LogP contribution in [0, 0.1) is 5.82 Å². The smallest absolute Gasteiger partial charge is 0.124 e. The fourth-order valence-corrected chi connectivity index (χ4v) is 4.13. The molecule has 2 aromatic rings. The van der Waals surface area contributed by atoms with Crippen molar-refractivity contribution in [3.05, 3.63) is 59.4 Å². The van der Waals surface area contributed by atoms with Crippen LogP contribution < -0.4 is 0 Å². The molecule has 0 aromatic heterocycles. The lowest BCUT2D eigenvalue weighted by Gasteiger charge is -2.36. The minimum absolute atomic E-state index is 0.196. The molecule has 1 aliphatic heterocycles. The maximum atomic E-state index is 14.3. The zero-order valence-corrected chi connectivity index (χ0v) is 15.8. The van der Waals surface area contributed by atoms with E-state index >= 15 is 0 Å². The van der Waals surface area contributed by atoms with Gasteiger partial charge in [-0.25, -0.2) is 4.39 Å². The van der Waals surface area contributed by atoms with Crippen LogP contribution in [-0.2, 0) is 15.1 Å². The van der Waals surface area contributed by atoms with Crippen LogP contribution in [0.4, 0.5) is 4.39 Å². The van der Waals surface area contributed by atoms with Crippen LogP contribution in [0.15, 0.2) is 57.4 Å². The molecule has 0 atom stereocenters. The van der Waals surface area contributed by atoms with Crippen LogP contribution in [0.3, 0.4) is 0 Å². The van der Waals surface area contributed by atoms with E-state index in [4.69, 9.17) is 19.8 Å². The molecule has 1 saturated heterocycles. The summed E-state index contributed by atoms with van der Waals surface area (Å²) in [5, 5.41) is 21.1. The molecule has 5 nitrogen and oxygen atoms in total. The molecule has 1 aliphatic rings. The predicted octanol–water partition coefficient (Wildman–Crippen LogP) is 3.80. The average Bonchev–Trinajstić information content (AvgIpc) is 2.70. The van der Waals surface area contributed by atoms with Crippen LogP contribution in [0.5, 0.6) is 0 Å². The Morgan fingerprint density at radius 3 is 2.48 bits per heavy atom. The number of hydrogen-bond donors (Lipinski definition) is 2. The fraction of sp³-hybridized carbons (Fsp3) is 0.350. The quantitative estimate of drug-likeness (QED) is 0.445. The normalized spacial score (nSPS) is 17.1. The number of aliphatic hydroxyl groups excluding tert-OH is 1. The van der Waals surface area contributed by atoms with Crippen LogP contribution >= 0.6 is 11.8 Å². The second-order valence-electron chi connectivity index (χ2n) is 6.32. The molecule has 0 spiro atoms. The maximum absolute atomic E-state index is 14.3. The first-order chi connectivity index (χ1) is 13.1. The van der Waals surface area contributed by atoms with Crippen LogP contribution in [0.2, 0.25) is 0 Å². The fourth-order valence-electron chi connectivity index (χ4n) is 3.23. The number of oxime groups is 1. The third-order valence-corrected chi connectivity index (χ3v) is 5.76. The monoisotopic (exact) mass is 391 g/mol. The van der Waals surface area contributed by atoms with Crippen molar-refractivity contribution in [3.63, 3.8) is 0 Å². The molecular formula is C20H22FNO4S. The second-order valence-corrected chi connectivity index (χ2v) is 7.46. The summed E-state index contributed by atoms with van der Waals surface area (Å²) in [6.45, 7) is 0.834. The summed E-state index contributed by atoms with van der Waals surface area (Å²) in [5.74, 6) is -0.301. The van der Waals surface area contributed by atoms with E-state index in [0.717, 1.165) is 15.4 Å². The molecule has 0 bridgehead atoms. The third kappa shape index (κ3) is 4.50. The highest BCUT2D eigenvalue weighted by molar-refractivity contribution is 7.99. The average molecular weight is 391 g/mol. The first-order valence-electron chi connectivity index (χ1n) is 8.64. The van der Waals surface area contributed by atoms with Crippen molar-refractivity contribution >= 4 is 17.5 Å². The molecule has 0 aliphatic carbocycles. The van der Waals surface area contributed by atoms with Gasteiger partial charge in [-0.3, -0.25) is 0 Å². The van der Waals surface area contributed by atoms with Crippen molar-refractivity contribution in [2.45, 2.75) is 28.2 Å². The van der Waals surface area contributed by atoms with Gasteiger partial charge >= 0.3 is 0 Å². The number of aliphatic hydroxyl groups is 1. The lowest BCUT2D eigenvalue weighted by atomic mass is 9.86. The largest absolute Gasteiger partial charge is 0.411 e. The Morgan fingerprint density at radius 2 is 1.89 bits per heavy atom. The molecule has 3 rings (SSSR count). The Labute approximate surface area is 161 Å². The van der Waals surface area contributed by atoms with Crippen molar-refractivity contribution in [2.75, 3.05) is 26.9 Å². The number of methoxy groups -OCH3 is 1. The van der Waals surface area contributed by atoms with Crippen molar-refractivity contribution in [2.24, 2.45) is 5.16 Å². The van der Waals surface area contributed by atoms with Gasteiger partial charge in [0.2, 0.25) is 0 Å². The van der Waals surface area contributed by atoms with Gasteiger partial charge in [-0.05, 0) is 35.9 Å². The zero-order chi connectivity index (χ0) is 19.3. The molecular weight excluding hydrogens is 369 g/mol. The Morgan fingerprint density at radius 1 is 1.19 bits per heavy atom. The van der Waals surface area contributed by atoms with Gasteiger partial charge in [0.05, 0.1) is 12.2 Å². The standard InChI is InChI=1S/C20H22FNO4S/c1-25-20(6-8-26-9-7-20)15-10-16(21)12-18(11-15)27-17-4-2-14(3-5-17)19(13-23)22-24/h2-5,10-12,23-24H,6-9,13H2,1H3/b22-19-. The predicted molar refractivity (Wildman–Crippen MR) is 101 cm³/mol. The number of hydrogen-bond acceptors (Lipinski definition) is 6. The van der Waals surface area contributed by atoms with E-state index in [0.29, 0.717) is 31.6 Å². The van der Waals surface area contributed by atoms with Gasteiger partial charge in [0.25, 0.3) is 0 Å². The number of ether oxygens (including phenoxy) is 2. The summed E-state index contributed by atoms with van der Waals surface area (Å²) in [4.78, 5) is 1.68. The molecule has 0 unspecified atom stereocenters. The molecule has 144 valence electrons. The highest BCUT2D eigenvalue weighted by Gasteiger charge is 2.35. The highest BCUT2D eigenvalue weighted by Crippen LogP contribution is 2.38. The molecule has 0 saturated carbocycles. The van der Waals surface area contributed by atoms with Crippen LogP contribution in [0.25, 0.3) is 0 Å². The second kappa shape index (κ2) is 8.84. The van der Waals surface area contributed by atoms with E-state index in [9.17, 15) is 4.39 Å². The molecule has 27 heavy (non-hydrogen) atoms. The number of halogens is 1. The van der Waals surface area contributed by atoms with E-state index in [-0.39, 0.29) is 18.1 Å². The molecule has 2 N–H and O–H groups in total. The van der Waals surface area contributed by atoms with Crippen LogP contribution in [0.1, 0.15) is 24.0 Å². The van der Waals surface area contributed by atoms with Crippen molar-refractivity contribution < 1.29 is 24.2 Å². The van der Waals surface area contributed by atoms with E-state index in [2.05, 4.69) is 5.16 Å². The Hall–Kier alpha value is -1.93. The van der Waals surface area contributed by atoms with Gasteiger partial charge in [0.15, 0.2) is 0 Å². The topological polar surface area (TPSA) is 71.3 Å².